The Balaban J connectivity index is 0.000000510. The Morgan fingerprint density at radius 2 is 1.00 bits per heavy atom. The number of halogens is 4. The molecule has 0 unspecified atom stereocenters. The summed E-state index contributed by atoms with van der Waals surface area (Å²) in [5.74, 6) is 0. The Bertz CT molecular complexity index is 1950. The van der Waals surface area contributed by atoms with Crippen LogP contribution in [0.2, 0.25) is 0 Å². The Morgan fingerprint density at radius 3 is 1.67 bits per heavy atom. The van der Waals surface area contributed by atoms with Crippen molar-refractivity contribution in [3.63, 3.8) is 0 Å². The van der Waals surface area contributed by atoms with E-state index in [-0.39, 0.29) is 0 Å². The number of rotatable bonds is 2. The van der Waals surface area contributed by atoms with Gasteiger partial charge in [-0.3, -0.25) is 0 Å². The highest BCUT2D eigenvalue weighted by Crippen LogP contribution is 2.38. The van der Waals surface area contributed by atoms with Gasteiger partial charge in [0.05, 0.1) is 16.3 Å². The fourth-order valence-electron chi connectivity index (χ4n) is 5.22. The molecule has 0 saturated carbocycles. The summed E-state index contributed by atoms with van der Waals surface area (Å²) in [5.41, 5.74) is 7.97. The third-order valence-electron chi connectivity index (χ3n) is 6.71. The van der Waals surface area contributed by atoms with E-state index < -0.39 is 7.25 Å². The van der Waals surface area contributed by atoms with E-state index in [0.717, 1.165) is 27.5 Å². The van der Waals surface area contributed by atoms with E-state index in [1.165, 1.54) is 32.8 Å². The highest BCUT2D eigenvalue weighted by molar-refractivity contribution is 6.50. The summed E-state index contributed by atoms with van der Waals surface area (Å²) < 4.78 is 41.2. The van der Waals surface area contributed by atoms with Gasteiger partial charge < -0.3 is 17.3 Å². The van der Waals surface area contributed by atoms with E-state index in [2.05, 4.69) is 132 Å². The number of nitrogens with zero attached hydrogens (tertiary/aromatic N) is 2. The van der Waals surface area contributed by atoms with Gasteiger partial charge in [-0.15, -0.1) is 0 Å². The topological polar surface area (TPSA) is 17.0 Å². The standard InChI is InChI=1S/C32H21N2.BF4/c1-3-12-22(13-4-1)24-19-11-20-28-30(23-14-5-2-6-15-23)32-27-18-8-7-16-25(27)26-17-9-10-21-29(26)34(32)33-31(24)28;2-1(3,4)5/h1-21H;/q+1;-1. The third-order valence-corrected chi connectivity index (χ3v) is 6.71. The van der Waals surface area contributed by atoms with E-state index in [1.807, 2.05) is 0 Å². The molecule has 0 radical (unpaired) electrons. The summed E-state index contributed by atoms with van der Waals surface area (Å²) in [4.78, 5) is 0. The second kappa shape index (κ2) is 9.84. The average Bonchev–Trinajstić information content (AvgIpc) is 2.96. The maximum absolute atomic E-state index is 9.75. The number of fused-ring (bicyclic) bond motifs is 7. The largest absolute Gasteiger partial charge is 0.673 e. The van der Waals surface area contributed by atoms with Crippen molar-refractivity contribution in [2.45, 2.75) is 0 Å². The van der Waals surface area contributed by atoms with Crippen LogP contribution >= 0.6 is 0 Å². The first kappa shape index (κ1) is 24.6. The van der Waals surface area contributed by atoms with Gasteiger partial charge in [-0.1, -0.05) is 109 Å². The van der Waals surface area contributed by atoms with Gasteiger partial charge in [-0.05, 0) is 27.8 Å². The molecule has 7 aromatic rings. The Kier molecular flexibility index (Phi) is 6.19. The highest BCUT2D eigenvalue weighted by Gasteiger charge is 2.25. The molecule has 7 rings (SSSR count). The third kappa shape index (κ3) is 4.68. The first-order valence-corrected chi connectivity index (χ1v) is 12.5. The summed E-state index contributed by atoms with van der Waals surface area (Å²) in [5, 5.41) is 10.2. The summed E-state index contributed by atoms with van der Waals surface area (Å²) in [6.45, 7) is 0. The Labute approximate surface area is 221 Å². The molecule has 39 heavy (non-hydrogen) atoms. The number of para-hydroxylation sites is 1. The van der Waals surface area contributed by atoms with Gasteiger partial charge in [-0.2, -0.15) is 0 Å². The molecular formula is C32H21BF4N2. The Morgan fingerprint density at radius 1 is 0.487 bits per heavy atom. The van der Waals surface area contributed by atoms with Crippen molar-refractivity contribution >= 4 is 45.3 Å². The summed E-state index contributed by atoms with van der Waals surface area (Å²) >= 11 is 0. The molecule has 0 aliphatic rings. The van der Waals surface area contributed by atoms with Gasteiger partial charge in [0, 0.05) is 27.5 Å². The minimum absolute atomic E-state index is 1.01. The van der Waals surface area contributed by atoms with E-state index in [9.17, 15) is 17.3 Å². The summed E-state index contributed by atoms with van der Waals surface area (Å²) in [7, 11) is -6.00. The van der Waals surface area contributed by atoms with Crippen molar-refractivity contribution in [1.82, 2.24) is 5.10 Å². The van der Waals surface area contributed by atoms with Gasteiger partial charge in [0.2, 0.25) is 5.52 Å². The van der Waals surface area contributed by atoms with Crippen molar-refractivity contribution in [2.24, 2.45) is 0 Å². The molecule has 2 aromatic heterocycles. The van der Waals surface area contributed by atoms with Crippen LogP contribution in [0.3, 0.4) is 0 Å². The molecule has 0 N–H and O–H groups in total. The Hall–Kier alpha value is -4.78. The van der Waals surface area contributed by atoms with Gasteiger partial charge in [0.15, 0.2) is 0 Å². The lowest BCUT2D eigenvalue weighted by Gasteiger charge is -2.12. The normalized spacial score (nSPS) is 11.6. The van der Waals surface area contributed by atoms with Crippen molar-refractivity contribution in [3.05, 3.63) is 127 Å². The lowest BCUT2D eigenvalue weighted by Crippen LogP contribution is -2.29. The fourth-order valence-corrected chi connectivity index (χ4v) is 5.22. The lowest BCUT2D eigenvalue weighted by atomic mass is 9.93. The molecule has 0 bridgehead atoms. The average molecular weight is 520 g/mol. The molecule has 0 amide bonds. The van der Waals surface area contributed by atoms with E-state index in [0.29, 0.717) is 0 Å². The molecular weight excluding hydrogens is 499 g/mol. The molecule has 190 valence electrons. The zero-order valence-corrected chi connectivity index (χ0v) is 20.6. The molecule has 0 fully saturated rings. The quantitative estimate of drug-likeness (QED) is 0.0732. The molecule has 0 aliphatic heterocycles. The highest BCUT2D eigenvalue weighted by atomic mass is 19.5. The van der Waals surface area contributed by atoms with Gasteiger partial charge in [0.25, 0.3) is 5.52 Å². The molecule has 2 nitrogen and oxygen atoms in total. The van der Waals surface area contributed by atoms with Crippen LogP contribution in [0.4, 0.5) is 17.3 Å². The van der Waals surface area contributed by atoms with Crippen LogP contribution < -0.4 is 4.52 Å². The molecule has 2 heterocycles. The monoisotopic (exact) mass is 520 g/mol. The number of hydrogen-bond acceptors (Lipinski definition) is 1. The minimum Gasteiger partial charge on any atom is -0.418 e. The lowest BCUT2D eigenvalue weighted by molar-refractivity contribution is -0.548. The summed E-state index contributed by atoms with van der Waals surface area (Å²) in [6, 6.07) is 45.0. The van der Waals surface area contributed by atoms with Gasteiger partial charge in [0.1, 0.15) is 5.52 Å². The SMILES string of the molecule is F[B-](F)(F)F.c1ccc(-c2cccc3c(-c4ccccc4)c4c5ccccc5c5ccccc5[n+]4nc23)cc1. The minimum atomic E-state index is -6.00. The van der Waals surface area contributed by atoms with Crippen molar-refractivity contribution < 1.29 is 21.8 Å². The second-order valence-corrected chi connectivity index (χ2v) is 9.13. The van der Waals surface area contributed by atoms with Crippen molar-refractivity contribution in [2.75, 3.05) is 0 Å². The van der Waals surface area contributed by atoms with Crippen LogP contribution in [-0.4, -0.2) is 12.4 Å². The van der Waals surface area contributed by atoms with Crippen molar-refractivity contribution in [1.29, 1.82) is 0 Å². The smallest absolute Gasteiger partial charge is 0.418 e. The van der Waals surface area contributed by atoms with Gasteiger partial charge in [-0.25, -0.2) is 0 Å². The number of hydrogen-bond donors (Lipinski definition) is 0. The van der Waals surface area contributed by atoms with Crippen LogP contribution in [0.5, 0.6) is 0 Å². The van der Waals surface area contributed by atoms with Crippen LogP contribution in [0, 0.1) is 0 Å². The first-order valence-electron chi connectivity index (χ1n) is 12.5. The molecule has 5 aromatic carbocycles. The second-order valence-electron chi connectivity index (χ2n) is 9.13. The van der Waals surface area contributed by atoms with Crippen molar-refractivity contribution in [3.8, 4) is 22.3 Å². The van der Waals surface area contributed by atoms with Crippen LogP contribution in [0.25, 0.3) is 60.3 Å². The maximum atomic E-state index is 9.75. The van der Waals surface area contributed by atoms with Crippen LogP contribution in [0.15, 0.2) is 127 Å². The molecule has 0 spiro atoms. The zero-order valence-electron chi connectivity index (χ0n) is 20.6. The maximum Gasteiger partial charge on any atom is 0.673 e. The van der Waals surface area contributed by atoms with E-state index in [1.54, 1.807) is 0 Å². The number of pyridine rings is 1. The molecule has 0 saturated heterocycles. The molecule has 0 aliphatic carbocycles. The molecule has 0 atom stereocenters. The van der Waals surface area contributed by atoms with Gasteiger partial charge >= 0.3 is 7.25 Å². The van der Waals surface area contributed by atoms with Crippen LogP contribution in [-0.2, 0) is 0 Å². The number of benzene rings is 5. The predicted octanol–water partition coefficient (Wildman–Crippen LogP) is 8.91. The number of aromatic nitrogens is 2. The first-order chi connectivity index (χ1) is 18.9. The zero-order chi connectivity index (χ0) is 27.0. The van der Waals surface area contributed by atoms with Crippen LogP contribution in [0.1, 0.15) is 0 Å². The van der Waals surface area contributed by atoms with E-state index in [4.69, 9.17) is 5.10 Å². The predicted molar refractivity (Wildman–Crippen MR) is 151 cm³/mol. The summed E-state index contributed by atoms with van der Waals surface area (Å²) in [6.07, 6.45) is 0. The molecule has 7 heteroatoms. The van der Waals surface area contributed by atoms with E-state index >= 15 is 0 Å². The fraction of sp³-hybridized carbons (Fsp3) is 0.